The Bertz CT molecular complexity index is 1640. The molecule has 4 atom stereocenters. The number of ether oxygens (including phenoxy) is 1. The molecule has 4 unspecified atom stereocenters. The van der Waals surface area contributed by atoms with Crippen LogP contribution < -0.4 is 15.1 Å². The lowest BCUT2D eigenvalue weighted by Gasteiger charge is -2.55. The zero-order valence-corrected chi connectivity index (χ0v) is 25.7. The van der Waals surface area contributed by atoms with E-state index in [9.17, 15) is 4.79 Å². The summed E-state index contributed by atoms with van der Waals surface area (Å²) in [6.45, 7) is 16.0. The van der Waals surface area contributed by atoms with E-state index in [0.717, 1.165) is 85.3 Å². The highest BCUT2D eigenvalue weighted by Crippen LogP contribution is 2.46. The molecule has 4 aromatic rings. The highest BCUT2D eigenvalue weighted by Gasteiger charge is 2.58. The van der Waals surface area contributed by atoms with Crippen molar-refractivity contribution in [2.75, 3.05) is 49.1 Å². The predicted molar refractivity (Wildman–Crippen MR) is 166 cm³/mol. The molecule has 12 nitrogen and oxygen atoms in total. The lowest BCUT2D eigenvalue weighted by Crippen LogP contribution is -2.69. The van der Waals surface area contributed by atoms with Gasteiger partial charge in [0, 0.05) is 57.2 Å². The number of nitrogens with zero attached hydrogens (tertiary/aromatic N) is 7. The molecule has 0 aliphatic carbocycles. The van der Waals surface area contributed by atoms with E-state index in [2.05, 4.69) is 64.9 Å². The summed E-state index contributed by atoms with van der Waals surface area (Å²) >= 11 is 0. The van der Waals surface area contributed by atoms with Gasteiger partial charge in [0.2, 0.25) is 0 Å². The van der Waals surface area contributed by atoms with Gasteiger partial charge in [0.1, 0.15) is 41.2 Å². The summed E-state index contributed by atoms with van der Waals surface area (Å²) in [7, 11) is 0. The summed E-state index contributed by atoms with van der Waals surface area (Å²) in [4.78, 5) is 43.0. The van der Waals surface area contributed by atoms with Gasteiger partial charge in [-0.3, -0.25) is 4.90 Å². The molecule has 4 fully saturated rings. The van der Waals surface area contributed by atoms with E-state index in [1.54, 1.807) is 12.7 Å². The Kier molecular flexibility index (Phi) is 6.53. The average molecular weight is 587 g/mol. The molecular formula is C31H42N10O2. The first-order valence-electron chi connectivity index (χ1n) is 15.4. The molecule has 4 aliphatic heterocycles. The van der Waals surface area contributed by atoms with Gasteiger partial charge in [0.05, 0.1) is 16.3 Å². The standard InChI is InChI=1S/C18H25N5O2.C13H17N5/c1-12-9-23(16(24)25-17(2,3)4)18(12)6-8-22(10-18)15-13-5-7-19-14(13)20-11-21-15;1-9-6-17-13(9)3-5-18(7-13)12-10-2-4-14-11(10)15-8-16-12/h5,7,11-12H,6,8-10H2,1-4H3,(H,19,20,21);2,4,8-9,17H,3,5-7H2,1H3,(H,14,15,16). The van der Waals surface area contributed by atoms with Gasteiger partial charge in [-0.15, -0.1) is 0 Å². The number of aromatic amines is 2. The Hall–Kier alpha value is -3.93. The first kappa shape index (κ1) is 27.9. The van der Waals surface area contributed by atoms with E-state index in [1.807, 2.05) is 44.1 Å². The van der Waals surface area contributed by atoms with E-state index in [1.165, 1.54) is 6.42 Å². The fourth-order valence-corrected chi connectivity index (χ4v) is 7.35. The summed E-state index contributed by atoms with van der Waals surface area (Å²) in [5, 5.41) is 5.77. The Morgan fingerprint density at radius 3 is 2.00 bits per heavy atom. The second-order valence-electron chi connectivity index (χ2n) is 13.8. The molecule has 4 aliphatic rings. The lowest BCUT2D eigenvalue weighted by molar-refractivity contribution is -0.0698. The van der Waals surface area contributed by atoms with Gasteiger partial charge in [-0.1, -0.05) is 13.8 Å². The number of hydrogen-bond donors (Lipinski definition) is 3. The van der Waals surface area contributed by atoms with Crippen LogP contribution in [0.25, 0.3) is 22.1 Å². The average Bonchev–Trinajstić information content (AvgIpc) is 3.79. The Balaban J connectivity index is 0.000000147. The van der Waals surface area contributed by atoms with Gasteiger partial charge in [-0.05, 0) is 57.6 Å². The van der Waals surface area contributed by atoms with Crippen molar-refractivity contribution in [1.82, 2.24) is 40.1 Å². The third-order valence-electron chi connectivity index (χ3n) is 10.1. The molecular weight excluding hydrogens is 544 g/mol. The third-order valence-corrected chi connectivity index (χ3v) is 10.1. The number of amides is 1. The van der Waals surface area contributed by atoms with Crippen LogP contribution in [0.3, 0.4) is 0 Å². The van der Waals surface area contributed by atoms with Crippen LogP contribution in [0.4, 0.5) is 16.4 Å². The Morgan fingerprint density at radius 1 is 0.884 bits per heavy atom. The fraction of sp³-hybridized carbons (Fsp3) is 0.581. The van der Waals surface area contributed by atoms with Crippen LogP contribution in [0.1, 0.15) is 47.5 Å². The molecule has 1 amide bonds. The Morgan fingerprint density at radius 2 is 1.49 bits per heavy atom. The Labute approximate surface area is 251 Å². The minimum Gasteiger partial charge on any atom is -0.444 e. The number of rotatable bonds is 2. The van der Waals surface area contributed by atoms with Crippen molar-refractivity contribution in [3.63, 3.8) is 0 Å². The molecule has 43 heavy (non-hydrogen) atoms. The summed E-state index contributed by atoms with van der Waals surface area (Å²) < 4.78 is 5.61. The molecule has 8 heterocycles. The maximum absolute atomic E-state index is 12.6. The first-order valence-corrected chi connectivity index (χ1v) is 15.4. The molecule has 2 spiro atoms. The van der Waals surface area contributed by atoms with Crippen molar-refractivity contribution in [1.29, 1.82) is 0 Å². The molecule has 0 bridgehead atoms. The van der Waals surface area contributed by atoms with Crippen molar-refractivity contribution in [2.45, 2.75) is 64.1 Å². The summed E-state index contributed by atoms with van der Waals surface area (Å²) in [5.41, 5.74) is 1.47. The molecule has 0 radical (unpaired) electrons. The van der Waals surface area contributed by atoms with Gasteiger partial charge >= 0.3 is 6.09 Å². The molecule has 4 aromatic heterocycles. The van der Waals surface area contributed by atoms with Crippen molar-refractivity contribution < 1.29 is 9.53 Å². The smallest absolute Gasteiger partial charge is 0.410 e. The number of carbonyl (C=O) groups excluding carboxylic acids is 1. The molecule has 0 saturated carbocycles. The van der Waals surface area contributed by atoms with Crippen LogP contribution in [0.15, 0.2) is 37.2 Å². The number of nitrogens with one attached hydrogen (secondary N) is 3. The van der Waals surface area contributed by atoms with Gasteiger partial charge in [-0.2, -0.15) is 0 Å². The molecule has 0 aromatic carbocycles. The van der Waals surface area contributed by atoms with E-state index in [-0.39, 0.29) is 11.6 Å². The van der Waals surface area contributed by atoms with Crippen molar-refractivity contribution >= 4 is 39.8 Å². The van der Waals surface area contributed by atoms with Gasteiger partial charge < -0.3 is 29.8 Å². The van der Waals surface area contributed by atoms with E-state index >= 15 is 0 Å². The van der Waals surface area contributed by atoms with E-state index in [0.29, 0.717) is 11.5 Å². The van der Waals surface area contributed by atoms with Crippen molar-refractivity contribution in [3.05, 3.63) is 37.2 Å². The molecule has 3 N–H and O–H groups in total. The van der Waals surface area contributed by atoms with Crippen LogP contribution >= 0.6 is 0 Å². The lowest BCUT2D eigenvalue weighted by atomic mass is 9.74. The maximum Gasteiger partial charge on any atom is 0.410 e. The van der Waals surface area contributed by atoms with Gasteiger partial charge in [0.25, 0.3) is 0 Å². The van der Waals surface area contributed by atoms with Crippen molar-refractivity contribution in [3.8, 4) is 0 Å². The maximum atomic E-state index is 12.6. The summed E-state index contributed by atoms with van der Waals surface area (Å²) in [5.74, 6) is 3.23. The second kappa shape index (κ2) is 10.1. The SMILES string of the molecule is CC1CN(C(=O)OC(C)(C)C)C12CCN(c1ncnc3[nH]ccc13)C2.CC1CNC12CCN(c1ncnc3[nH]ccc13)C2. The largest absolute Gasteiger partial charge is 0.444 e. The van der Waals surface area contributed by atoms with Gasteiger partial charge in [0.15, 0.2) is 0 Å². The predicted octanol–water partition coefficient (Wildman–Crippen LogP) is 3.94. The van der Waals surface area contributed by atoms with Crippen LogP contribution in [0.5, 0.6) is 0 Å². The zero-order chi connectivity index (χ0) is 30.0. The number of anilines is 2. The highest BCUT2D eigenvalue weighted by atomic mass is 16.6. The van der Waals surface area contributed by atoms with Crippen LogP contribution in [-0.2, 0) is 4.74 Å². The van der Waals surface area contributed by atoms with E-state index < -0.39 is 5.60 Å². The molecule has 8 rings (SSSR count). The van der Waals surface area contributed by atoms with Crippen molar-refractivity contribution in [2.24, 2.45) is 11.8 Å². The normalized spacial score (nSPS) is 28.3. The van der Waals surface area contributed by atoms with Gasteiger partial charge in [-0.25, -0.2) is 24.7 Å². The molecule has 4 saturated heterocycles. The van der Waals surface area contributed by atoms with Crippen LogP contribution in [0, 0.1) is 11.8 Å². The fourth-order valence-electron chi connectivity index (χ4n) is 7.35. The molecule has 12 heteroatoms. The third kappa shape index (κ3) is 4.66. The highest BCUT2D eigenvalue weighted by molar-refractivity contribution is 5.88. The monoisotopic (exact) mass is 586 g/mol. The quantitative estimate of drug-likeness (QED) is 0.320. The summed E-state index contributed by atoms with van der Waals surface area (Å²) in [6, 6.07) is 4.07. The number of likely N-dealkylation sites (tertiary alicyclic amines) is 1. The number of hydrogen-bond acceptors (Lipinski definition) is 9. The zero-order valence-electron chi connectivity index (χ0n) is 25.7. The minimum absolute atomic E-state index is 0.157. The van der Waals surface area contributed by atoms with Crippen LogP contribution in [-0.4, -0.2) is 96.8 Å². The topological polar surface area (TPSA) is 131 Å². The second-order valence-corrected chi connectivity index (χ2v) is 13.8. The summed E-state index contributed by atoms with van der Waals surface area (Å²) in [6.07, 6.45) is 8.99. The number of H-pyrrole nitrogens is 2. The number of aromatic nitrogens is 6. The van der Waals surface area contributed by atoms with E-state index in [4.69, 9.17) is 4.74 Å². The number of carbonyl (C=O) groups is 1. The van der Waals surface area contributed by atoms with Crippen LogP contribution in [0.2, 0.25) is 0 Å². The molecule has 228 valence electrons. The minimum atomic E-state index is -0.473. The first-order chi connectivity index (χ1) is 20.6. The number of fused-ring (bicyclic) bond motifs is 2.